The number of aliphatic hydroxyl groups is 1. The van der Waals surface area contributed by atoms with Gasteiger partial charge in [-0.15, -0.1) is 0 Å². The Hall–Kier alpha value is -0.760. The van der Waals surface area contributed by atoms with Gasteiger partial charge in [0.1, 0.15) is 13.2 Å². The maximum absolute atomic E-state index is 13.0. The first-order chi connectivity index (χ1) is 35.5. The number of rotatable bonds is 61. The second kappa shape index (κ2) is 56.0. The summed E-state index contributed by atoms with van der Waals surface area (Å²) >= 11 is 0. The molecule has 0 aliphatic carbocycles. The van der Waals surface area contributed by atoms with E-state index in [1.54, 1.807) is 6.08 Å². The van der Waals surface area contributed by atoms with Crippen LogP contribution < -0.4 is 5.32 Å². The van der Waals surface area contributed by atoms with Crippen LogP contribution in [-0.2, 0) is 18.4 Å². The summed E-state index contributed by atoms with van der Waals surface area (Å²) in [6.07, 6.45) is 70.8. The first-order valence-corrected chi connectivity index (χ1v) is 34.1. The number of quaternary nitrogens is 1. The third kappa shape index (κ3) is 58.8. The summed E-state index contributed by atoms with van der Waals surface area (Å²) in [5.74, 6) is -0.169. The van der Waals surface area contributed by atoms with Gasteiger partial charge in [0.05, 0.1) is 39.9 Å². The van der Waals surface area contributed by atoms with E-state index >= 15 is 0 Å². The largest absolute Gasteiger partial charge is 0.472 e. The molecule has 0 heterocycles. The smallest absolute Gasteiger partial charge is 0.387 e. The number of phosphoric acid groups is 1. The molecular weight excluding hydrogens is 924 g/mol. The summed E-state index contributed by atoms with van der Waals surface area (Å²) in [5.41, 5.74) is 0. The van der Waals surface area contributed by atoms with E-state index < -0.39 is 20.0 Å². The molecule has 73 heavy (non-hydrogen) atoms. The highest BCUT2D eigenvalue weighted by molar-refractivity contribution is 7.47. The number of phosphoric ester groups is 1. The van der Waals surface area contributed by atoms with Crippen LogP contribution in [0.2, 0.25) is 0 Å². The van der Waals surface area contributed by atoms with Gasteiger partial charge in [-0.25, -0.2) is 4.57 Å². The van der Waals surface area contributed by atoms with Crippen LogP contribution in [0.1, 0.15) is 341 Å². The first-order valence-electron chi connectivity index (χ1n) is 32.6. The molecule has 8 nitrogen and oxygen atoms in total. The van der Waals surface area contributed by atoms with Crippen LogP contribution in [0.25, 0.3) is 0 Å². The average Bonchev–Trinajstić information content (AvgIpc) is 3.35. The van der Waals surface area contributed by atoms with Crippen molar-refractivity contribution in [2.45, 2.75) is 353 Å². The van der Waals surface area contributed by atoms with Crippen molar-refractivity contribution >= 4 is 13.7 Å². The molecule has 0 aromatic heterocycles. The summed E-state index contributed by atoms with van der Waals surface area (Å²) in [6, 6.07) is -0.842. The molecule has 3 unspecified atom stereocenters. The van der Waals surface area contributed by atoms with Crippen molar-refractivity contribution in [1.82, 2.24) is 5.32 Å². The fourth-order valence-corrected chi connectivity index (χ4v) is 10.9. The molecule has 0 bridgehead atoms. The van der Waals surface area contributed by atoms with Gasteiger partial charge < -0.3 is 19.8 Å². The summed E-state index contributed by atoms with van der Waals surface area (Å²) in [4.78, 5) is 23.3. The summed E-state index contributed by atoms with van der Waals surface area (Å²) in [5, 5.41) is 13.9. The summed E-state index contributed by atoms with van der Waals surface area (Å²) in [6.45, 7) is 4.86. The molecular formula is C64H130N2O6P+. The van der Waals surface area contributed by atoms with Crippen LogP contribution in [0.15, 0.2) is 12.2 Å². The Balaban J connectivity index is 3.87. The number of aliphatic hydroxyl groups excluding tert-OH is 1. The molecule has 0 aliphatic rings. The number of carbonyl (C=O) groups excluding carboxylic acids is 1. The monoisotopic (exact) mass is 1050 g/mol. The van der Waals surface area contributed by atoms with Crippen molar-refractivity contribution in [3.63, 3.8) is 0 Å². The SMILES string of the molecule is CCCCCCCCCCCCCC/C=C/C(O)C(COP(=O)(O)OCC[N+](C)(C)C)NC(=O)CCCCCCCCCCCCCCCCCCCCCCCCCCCCCCCCCCCCCCC. The van der Waals surface area contributed by atoms with Crippen LogP contribution in [0.3, 0.4) is 0 Å². The molecule has 1 amide bonds. The molecule has 9 heteroatoms. The molecule has 0 fully saturated rings. The minimum Gasteiger partial charge on any atom is -0.387 e. The number of amides is 1. The standard InChI is InChI=1S/C64H129N2O6P/c1-6-8-10-12-14-16-18-20-22-23-24-25-26-27-28-29-30-31-32-33-34-35-36-37-38-39-40-41-42-43-44-46-48-50-52-54-56-58-64(68)65-62(61-72-73(69,70)71-60-59-66(3,4)5)63(67)57-55-53-51-49-47-45-21-19-17-15-13-11-9-7-2/h55,57,62-63,67H,6-54,56,58-61H2,1-5H3,(H-,65,68,69,70)/p+1/b57-55+. The van der Waals surface area contributed by atoms with Gasteiger partial charge in [-0.3, -0.25) is 13.8 Å². The van der Waals surface area contributed by atoms with Crippen molar-refractivity contribution in [2.24, 2.45) is 0 Å². The molecule has 0 saturated carbocycles. The van der Waals surface area contributed by atoms with Gasteiger partial charge in [0.25, 0.3) is 0 Å². The second-order valence-electron chi connectivity index (χ2n) is 23.9. The molecule has 0 aliphatic heterocycles. The number of unbranched alkanes of at least 4 members (excludes halogenated alkanes) is 48. The Kier molecular flexibility index (Phi) is 55.4. The Morgan fingerprint density at radius 2 is 0.726 bits per heavy atom. The fourth-order valence-electron chi connectivity index (χ4n) is 10.2. The molecule has 0 rings (SSSR count). The van der Waals surface area contributed by atoms with Crippen LogP contribution >= 0.6 is 7.82 Å². The van der Waals surface area contributed by atoms with E-state index in [9.17, 15) is 19.4 Å². The summed E-state index contributed by atoms with van der Waals surface area (Å²) < 4.78 is 23.7. The molecule has 0 aromatic carbocycles. The number of nitrogens with zero attached hydrogens (tertiary/aromatic N) is 1. The lowest BCUT2D eigenvalue weighted by molar-refractivity contribution is -0.870. The van der Waals surface area contributed by atoms with E-state index in [-0.39, 0.29) is 19.1 Å². The van der Waals surface area contributed by atoms with Gasteiger partial charge in [0.2, 0.25) is 5.91 Å². The number of hydrogen-bond acceptors (Lipinski definition) is 5. The zero-order valence-corrected chi connectivity index (χ0v) is 50.8. The number of hydrogen-bond donors (Lipinski definition) is 3. The quantitative estimate of drug-likeness (QED) is 0.0243. The zero-order chi connectivity index (χ0) is 53.5. The van der Waals surface area contributed by atoms with Crippen LogP contribution in [0.4, 0.5) is 0 Å². The average molecular weight is 1050 g/mol. The molecule has 3 N–H and O–H groups in total. The maximum atomic E-state index is 13.0. The van der Waals surface area contributed by atoms with Crippen LogP contribution in [0, 0.1) is 0 Å². The van der Waals surface area contributed by atoms with E-state index in [1.165, 1.54) is 283 Å². The topological polar surface area (TPSA) is 105 Å². The predicted molar refractivity (Wildman–Crippen MR) is 319 cm³/mol. The van der Waals surface area contributed by atoms with Gasteiger partial charge in [0, 0.05) is 6.42 Å². The van der Waals surface area contributed by atoms with Crippen molar-refractivity contribution in [1.29, 1.82) is 0 Å². The van der Waals surface area contributed by atoms with E-state index in [0.29, 0.717) is 17.4 Å². The predicted octanol–water partition coefficient (Wildman–Crippen LogP) is 20.2. The van der Waals surface area contributed by atoms with Gasteiger partial charge in [-0.05, 0) is 19.3 Å². The van der Waals surface area contributed by atoms with Crippen LogP contribution in [0.5, 0.6) is 0 Å². The van der Waals surface area contributed by atoms with Crippen molar-refractivity contribution in [3.8, 4) is 0 Å². The van der Waals surface area contributed by atoms with Gasteiger partial charge in [-0.2, -0.15) is 0 Å². The molecule has 0 radical (unpaired) electrons. The minimum absolute atomic E-state index is 0.0651. The van der Waals surface area contributed by atoms with Crippen molar-refractivity contribution in [2.75, 3.05) is 40.9 Å². The van der Waals surface area contributed by atoms with E-state index in [1.807, 2.05) is 27.2 Å². The lowest BCUT2D eigenvalue weighted by Gasteiger charge is -2.25. The number of allylic oxidation sites excluding steroid dienone is 1. The summed E-state index contributed by atoms with van der Waals surface area (Å²) in [7, 11) is 1.59. The molecule has 0 aromatic rings. The molecule has 3 atom stereocenters. The fraction of sp³-hybridized carbons (Fsp3) is 0.953. The normalized spacial score (nSPS) is 13.8. The molecule has 436 valence electrons. The highest BCUT2D eigenvalue weighted by atomic mass is 31.2. The lowest BCUT2D eigenvalue weighted by Crippen LogP contribution is -2.45. The zero-order valence-electron chi connectivity index (χ0n) is 49.9. The maximum Gasteiger partial charge on any atom is 0.472 e. The number of likely N-dealkylation sites (N-methyl/N-ethyl adjacent to an activating group) is 1. The lowest BCUT2D eigenvalue weighted by atomic mass is 10.0. The van der Waals surface area contributed by atoms with E-state index in [0.717, 1.165) is 38.5 Å². The molecule has 0 spiro atoms. The Labute approximate surface area is 456 Å². The Bertz CT molecular complexity index is 1200. The number of carbonyl (C=O) groups is 1. The third-order valence-corrected chi connectivity index (χ3v) is 16.2. The highest BCUT2D eigenvalue weighted by Gasteiger charge is 2.28. The van der Waals surface area contributed by atoms with Gasteiger partial charge >= 0.3 is 7.82 Å². The Morgan fingerprint density at radius 3 is 1.01 bits per heavy atom. The minimum atomic E-state index is -4.34. The number of nitrogens with one attached hydrogen (secondary N) is 1. The van der Waals surface area contributed by atoms with Crippen molar-refractivity contribution in [3.05, 3.63) is 12.2 Å². The Morgan fingerprint density at radius 1 is 0.452 bits per heavy atom. The highest BCUT2D eigenvalue weighted by Crippen LogP contribution is 2.43. The van der Waals surface area contributed by atoms with Crippen LogP contribution in [-0.4, -0.2) is 73.4 Å². The van der Waals surface area contributed by atoms with E-state index in [2.05, 4.69) is 19.2 Å². The van der Waals surface area contributed by atoms with Gasteiger partial charge in [-0.1, -0.05) is 328 Å². The van der Waals surface area contributed by atoms with E-state index in [4.69, 9.17) is 9.05 Å². The van der Waals surface area contributed by atoms with Gasteiger partial charge in [0.15, 0.2) is 0 Å². The third-order valence-electron chi connectivity index (χ3n) is 15.3. The molecule has 0 saturated heterocycles. The first kappa shape index (κ1) is 72.2. The van der Waals surface area contributed by atoms with Crippen molar-refractivity contribution < 1.29 is 32.9 Å². The second-order valence-corrected chi connectivity index (χ2v) is 25.3.